The average molecular weight is 285 g/mol. The Balaban J connectivity index is 1.51. The van der Waals surface area contributed by atoms with Crippen molar-refractivity contribution in [2.45, 2.75) is 44.9 Å². The van der Waals surface area contributed by atoms with E-state index in [0.29, 0.717) is 0 Å². The molecular weight excluding hydrogens is 262 g/mol. The lowest BCUT2D eigenvalue weighted by Crippen LogP contribution is -2.24. The van der Waals surface area contributed by atoms with Gasteiger partial charge in [-0.25, -0.2) is 0 Å². The van der Waals surface area contributed by atoms with Gasteiger partial charge in [0.25, 0.3) is 5.91 Å². The molecule has 3 rings (SSSR count). The van der Waals surface area contributed by atoms with E-state index >= 15 is 0 Å². The summed E-state index contributed by atoms with van der Waals surface area (Å²) in [5.41, 5.74) is 3.40. The van der Waals surface area contributed by atoms with Crippen molar-refractivity contribution in [3.05, 3.63) is 41.0 Å². The Morgan fingerprint density at radius 1 is 1.19 bits per heavy atom. The number of ether oxygens (including phenoxy) is 1. The zero-order chi connectivity index (χ0) is 14.5. The van der Waals surface area contributed by atoms with Gasteiger partial charge in [-0.3, -0.25) is 4.79 Å². The van der Waals surface area contributed by atoms with Crippen molar-refractivity contribution < 1.29 is 9.53 Å². The van der Waals surface area contributed by atoms with Crippen molar-refractivity contribution in [2.24, 2.45) is 0 Å². The van der Waals surface area contributed by atoms with E-state index in [1.165, 1.54) is 37.7 Å². The number of nitrogens with one attached hydrogen (secondary N) is 1. The van der Waals surface area contributed by atoms with E-state index < -0.39 is 0 Å². The van der Waals surface area contributed by atoms with E-state index in [9.17, 15) is 4.79 Å². The third-order valence-electron chi connectivity index (χ3n) is 4.32. The minimum absolute atomic E-state index is 0.0268. The Morgan fingerprint density at radius 3 is 3.10 bits per heavy atom. The van der Waals surface area contributed by atoms with Gasteiger partial charge in [-0.1, -0.05) is 18.1 Å². The summed E-state index contributed by atoms with van der Waals surface area (Å²) < 4.78 is 5.47. The summed E-state index contributed by atoms with van der Waals surface area (Å²) in [6.07, 6.45) is 10.6. The monoisotopic (exact) mass is 285 g/mol. The molecule has 0 atom stereocenters. The molecule has 1 aliphatic heterocycles. The zero-order valence-corrected chi connectivity index (χ0v) is 12.5. The molecule has 1 aromatic rings. The van der Waals surface area contributed by atoms with Crippen LogP contribution in [0.1, 0.15) is 54.4 Å². The highest BCUT2D eigenvalue weighted by Crippen LogP contribution is 2.25. The molecule has 0 spiro atoms. The SMILES string of the molecule is O=C(NCCC1=CCCCCC1)c1ccc2c(c1)CCO2. The first kappa shape index (κ1) is 14.2. The Kier molecular flexibility index (Phi) is 4.59. The third kappa shape index (κ3) is 3.66. The number of fused-ring (bicyclic) bond motifs is 1. The standard InChI is InChI=1S/C18H23NO2/c20-18(16-7-8-17-15(13-16)10-12-21-17)19-11-9-14-5-3-1-2-4-6-14/h5,7-8,13H,1-4,6,9-12H2,(H,19,20). The van der Waals surface area contributed by atoms with Gasteiger partial charge in [0, 0.05) is 18.5 Å². The molecule has 0 radical (unpaired) electrons. The van der Waals surface area contributed by atoms with Crippen LogP contribution < -0.4 is 10.1 Å². The molecule has 3 heteroatoms. The van der Waals surface area contributed by atoms with E-state index in [1.807, 2.05) is 18.2 Å². The minimum Gasteiger partial charge on any atom is -0.493 e. The largest absolute Gasteiger partial charge is 0.493 e. The van der Waals surface area contributed by atoms with Crippen LogP contribution in [0, 0.1) is 0 Å². The third-order valence-corrected chi connectivity index (χ3v) is 4.32. The molecule has 1 N–H and O–H groups in total. The van der Waals surface area contributed by atoms with Crippen molar-refractivity contribution in [1.82, 2.24) is 5.32 Å². The number of hydrogen-bond donors (Lipinski definition) is 1. The van der Waals surface area contributed by atoms with Crippen LogP contribution in [0.5, 0.6) is 5.75 Å². The Bertz CT molecular complexity index is 548. The molecule has 1 amide bonds. The molecule has 0 unspecified atom stereocenters. The molecule has 2 aliphatic rings. The summed E-state index contributed by atoms with van der Waals surface area (Å²) >= 11 is 0. The van der Waals surface area contributed by atoms with Crippen molar-refractivity contribution in [2.75, 3.05) is 13.2 Å². The normalized spacial score (nSPS) is 17.4. The maximum absolute atomic E-state index is 12.2. The predicted octanol–water partition coefficient (Wildman–Crippen LogP) is 3.63. The molecule has 0 fully saturated rings. The van der Waals surface area contributed by atoms with Gasteiger partial charge in [-0.15, -0.1) is 0 Å². The number of carbonyl (C=O) groups excluding carboxylic acids is 1. The molecule has 1 heterocycles. The van der Waals surface area contributed by atoms with E-state index in [-0.39, 0.29) is 5.91 Å². The predicted molar refractivity (Wildman–Crippen MR) is 83.8 cm³/mol. The number of benzene rings is 1. The van der Waals surface area contributed by atoms with Crippen LogP contribution in [0.15, 0.2) is 29.8 Å². The second-order valence-electron chi connectivity index (χ2n) is 5.89. The van der Waals surface area contributed by atoms with Crippen molar-refractivity contribution in [1.29, 1.82) is 0 Å². The highest BCUT2D eigenvalue weighted by Gasteiger charge is 2.14. The first-order valence-electron chi connectivity index (χ1n) is 8.05. The molecule has 1 aromatic carbocycles. The molecule has 3 nitrogen and oxygen atoms in total. The molecule has 0 bridgehead atoms. The van der Waals surface area contributed by atoms with Gasteiger partial charge in [0.05, 0.1) is 6.61 Å². The zero-order valence-electron chi connectivity index (χ0n) is 12.5. The fourth-order valence-electron chi connectivity index (χ4n) is 3.07. The van der Waals surface area contributed by atoms with E-state index in [0.717, 1.165) is 42.9 Å². The fourth-order valence-corrected chi connectivity index (χ4v) is 3.07. The lowest BCUT2D eigenvalue weighted by atomic mass is 10.1. The highest BCUT2D eigenvalue weighted by molar-refractivity contribution is 5.94. The summed E-state index contributed by atoms with van der Waals surface area (Å²) in [4.78, 5) is 12.2. The number of rotatable bonds is 4. The van der Waals surface area contributed by atoms with Gasteiger partial charge in [0.15, 0.2) is 0 Å². The number of allylic oxidation sites excluding steroid dienone is 1. The van der Waals surface area contributed by atoms with Crippen LogP contribution in [0.25, 0.3) is 0 Å². The second kappa shape index (κ2) is 6.79. The molecule has 0 saturated carbocycles. The minimum atomic E-state index is 0.0268. The Labute approximate surface area is 126 Å². The van der Waals surface area contributed by atoms with Gasteiger partial charge in [0.1, 0.15) is 5.75 Å². The van der Waals surface area contributed by atoms with Gasteiger partial charge in [-0.2, -0.15) is 0 Å². The summed E-state index contributed by atoms with van der Waals surface area (Å²) in [5, 5.41) is 3.04. The summed E-state index contributed by atoms with van der Waals surface area (Å²) in [6.45, 7) is 1.47. The molecule has 21 heavy (non-hydrogen) atoms. The van der Waals surface area contributed by atoms with Gasteiger partial charge < -0.3 is 10.1 Å². The summed E-state index contributed by atoms with van der Waals surface area (Å²) in [6, 6.07) is 5.72. The highest BCUT2D eigenvalue weighted by atomic mass is 16.5. The molecule has 0 aromatic heterocycles. The van der Waals surface area contributed by atoms with Gasteiger partial charge in [0.2, 0.25) is 0 Å². The van der Waals surface area contributed by atoms with E-state index in [2.05, 4.69) is 11.4 Å². The lowest BCUT2D eigenvalue weighted by molar-refractivity contribution is 0.0954. The van der Waals surface area contributed by atoms with Crippen LogP contribution >= 0.6 is 0 Å². The number of carbonyl (C=O) groups is 1. The van der Waals surface area contributed by atoms with Crippen molar-refractivity contribution in [3.63, 3.8) is 0 Å². The van der Waals surface area contributed by atoms with E-state index in [1.54, 1.807) is 0 Å². The van der Waals surface area contributed by atoms with E-state index in [4.69, 9.17) is 4.74 Å². The first-order chi connectivity index (χ1) is 10.3. The Morgan fingerprint density at radius 2 is 2.14 bits per heavy atom. The molecule has 112 valence electrons. The van der Waals surface area contributed by atoms with Crippen molar-refractivity contribution >= 4 is 5.91 Å². The number of hydrogen-bond acceptors (Lipinski definition) is 2. The van der Waals surface area contributed by atoms with Crippen LogP contribution in [-0.2, 0) is 6.42 Å². The van der Waals surface area contributed by atoms with Gasteiger partial charge in [-0.05, 0) is 55.9 Å². The molecule has 0 saturated heterocycles. The van der Waals surface area contributed by atoms with Gasteiger partial charge >= 0.3 is 0 Å². The molecular formula is C18H23NO2. The second-order valence-corrected chi connectivity index (χ2v) is 5.89. The van der Waals surface area contributed by atoms with Crippen molar-refractivity contribution in [3.8, 4) is 5.75 Å². The topological polar surface area (TPSA) is 38.3 Å². The van der Waals surface area contributed by atoms with Crippen LogP contribution in [-0.4, -0.2) is 19.1 Å². The average Bonchev–Trinajstić information content (AvgIpc) is 2.82. The molecule has 1 aliphatic carbocycles. The summed E-state index contributed by atoms with van der Waals surface area (Å²) in [7, 11) is 0. The Hall–Kier alpha value is -1.77. The fraction of sp³-hybridized carbons (Fsp3) is 0.500. The van der Waals surface area contributed by atoms with Crippen LogP contribution in [0.2, 0.25) is 0 Å². The lowest BCUT2D eigenvalue weighted by Gasteiger charge is -2.08. The quantitative estimate of drug-likeness (QED) is 0.858. The van der Waals surface area contributed by atoms with Crippen LogP contribution in [0.4, 0.5) is 0 Å². The number of amides is 1. The maximum Gasteiger partial charge on any atom is 0.251 e. The smallest absolute Gasteiger partial charge is 0.251 e. The maximum atomic E-state index is 12.2. The van der Waals surface area contributed by atoms with Crippen LogP contribution in [0.3, 0.4) is 0 Å². The first-order valence-corrected chi connectivity index (χ1v) is 8.05. The summed E-state index contributed by atoms with van der Waals surface area (Å²) in [5.74, 6) is 0.953.